The highest BCUT2D eigenvalue weighted by atomic mass is 16.5. The van der Waals surface area contributed by atoms with E-state index in [0.29, 0.717) is 12.2 Å². The maximum atomic E-state index is 11.5. The molecule has 0 fully saturated rings. The van der Waals surface area contributed by atoms with Crippen molar-refractivity contribution in [2.75, 3.05) is 0 Å². The summed E-state index contributed by atoms with van der Waals surface area (Å²) in [5.74, 6) is 0.466. The zero-order valence-corrected chi connectivity index (χ0v) is 9.95. The fraction of sp³-hybridized carbons (Fsp3) is 0.357. The van der Waals surface area contributed by atoms with Crippen molar-refractivity contribution in [1.82, 2.24) is 0 Å². The summed E-state index contributed by atoms with van der Waals surface area (Å²) < 4.78 is 5.25. The molecular formula is C14H18O2. The van der Waals surface area contributed by atoms with E-state index in [1.165, 1.54) is 0 Å². The average Bonchev–Trinajstić information content (AvgIpc) is 2.16. The molecule has 0 aromatic heterocycles. The standard InChI is InChI=1S/C14H18O2/c1-4-5-6-7-14(15)16-13-9-11(2)8-12(3)10-13/h4,8-10H,1,5-7H2,2-3H3. The van der Waals surface area contributed by atoms with Crippen LogP contribution < -0.4 is 4.74 Å². The minimum Gasteiger partial charge on any atom is -0.427 e. The first-order valence-corrected chi connectivity index (χ1v) is 5.51. The van der Waals surface area contributed by atoms with E-state index < -0.39 is 0 Å². The molecule has 86 valence electrons. The van der Waals surface area contributed by atoms with Gasteiger partial charge in [-0.15, -0.1) is 6.58 Å². The van der Waals surface area contributed by atoms with Crippen LogP contribution in [0.4, 0.5) is 0 Å². The molecule has 0 aliphatic carbocycles. The average molecular weight is 218 g/mol. The highest BCUT2D eigenvalue weighted by Crippen LogP contribution is 2.17. The number of carbonyl (C=O) groups excluding carboxylic acids is 1. The Balaban J connectivity index is 2.52. The van der Waals surface area contributed by atoms with Gasteiger partial charge < -0.3 is 4.74 Å². The number of allylic oxidation sites excluding steroid dienone is 1. The van der Waals surface area contributed by atoms with Gasteiger partial charge in [0.25, 0.3) is 0 Å². The van der Waals surface area contributed by atoms with Crippen molar-refractivity contribution in [3.63, 3.8) is 0 Å². The molecule has 0 N–H and O–H groups in total. The number of benzene rings is 1. The molecule has 0 unspecified atom stereocenters. The third-order valence-corrected chi connectivity index (χ3v) is 2.22. The fourth-order valence-electron chi connectivity index (χ4n) is 1.57. The lowest BCUT2D eigenvalue weighted by Gasteiger charge is -2.06. The topological polar surface area (TPSA) is 26.3 Å². The van der Waals surface area contributed by atoms with Crippen LogP contribution in [0.25, 0.3) is 0 Å². The van der Waals surface area contributed by atoms with Crippen molar-refractivity contribution in [2.24, 2.45) is 0 Å². The normalized spacial score (nSPS) is 9.88. The number of carbonyl (C=O) groups is 1. The summed E-state index contributed by atoms with van der Waals surface area (Å²) in [6.07, 6.45) is 3.90. The second-order valence-corrected chi connectivity index (χ2v) is 3.98. The minimum absolute atomic E-state index is 0.174. The predicted octanol–water partition coefficient (Wildman–Crippen LogP) is 3.57. The van der Waals surface area contributed by atoms with E-state index in [0.717, 1.165) is 24.0 Å². The molecule has 1 aromatic carbocycles. The number of ether oxygens (including phenoxy) is 1. The monoisotopic (exact) mass is 218 g/mol. The molecule has 0 atom stereocenters. The van der Waals surface area contributed by atoms with Gasteiger partial charge in [0.15, 0.2) is 0 Å². The van der Waals surface area contributed by atoms with E-state index >= 15 is 0 Å². The molecule has 16 heavy (non-hydrogen) atoms. The van der Waals surface area contributed by atoms with Crippen LogP contribution in [0.3, 0.4) is 0 Å². The number of unbranched alkanes of at least 4 members (excludes halogenated alkanes) is 1. The van der Waals surface area contributed by atoms with E-state index in [1.54, 1.807) is 0 Å². The van der Waals surface area contributed by atoms with E-state index in [1.807, 2.05) is 32.1 Å². The Bertz CT molecular complexity index is 360. The molecule has 0 bridgehead atoms. The van der Waals surface area contributed by atoms with Crippen LogP contribution >= 0.6 is 0 Å². The first-order chi connectivity index (χ1) is 7.61. The highest BCUT2D eigenvalue weighted by Gasteiger charge is 2.04. The maximum absolute atomic E-state index is 11.5. The van der Waals surface area contributed by atoms with E-state index in [-0.39, 0.29) is 5.97 Å². The first kappa shape index (κ1) is 12.5. The summed E-state index contributed by atoms with van der Waals surface area (Å²) in [4.78, 5) is 11.5. The van der Waals surface area contributed by atoms with Crippen LogP contribution in [0, 0.1) is 13.8 Å². The Labute approximate surface area is 96.9 Å². The van der Waals surface area contributed by atoms with Gasteiger partial charge in [0.05, 0.1) is 0 Å². The van der Waals surface area contributed by atoms with Crippen molar-refractivity contribution in [1.29, 1.82) is 0 Å². The molecule has 0 heterocycles. The molecule has 1 aromatic rings. The fourth-order valence-corrected chi connectivity index (χ4v) is 1.57. The first-order valence-electron chi connectivity index (χ1n) is 5.51. The van der Waals surface area contributed by atoms with Gasteiger partial charge in [-0.25, -0.2) is 0 Å². The summed E-state index contributed by atoms with van der Waals surface area (Å²) in [7, 11) is 0. The van der Waals surface area contributed by atoms with Crippen molar-refractivity contribution in [3.05, 3.63) is 42.0 Å². The zero-order chi connectivity index (χ0) is 12.0. The molecule has 0 saturated carbocycles. The quantitative estimate of drug-likeness (QED) is 0.327. The van der Waals surface area contributed by atoms with Crippen LogP contribution in [-0.2, 0) is 4.79 Å². The third kappa shape index (κ3) is 4.30. The van der Waals surface area contributed by atoms with Crippen molar-refractivity contribution in [3.8, 4) is 5.75 Å². The highest BCUT2D eigenvalue weighted by molar-refractivity contribution is 5.72. The van der Waals surface area contributed by atoms with Crippen LogP contribution in [0.1, 0.15) is 30.4 Å². The van der Waals surface area contributed by atoms with Crippen molar-refractivity contribution >= 4 is 5.97 Å². The van der Waals surface area contributed by atoms with Crippen LogP contribution in [0.5, 0.6) is 5.75 Å². The van der Waals surface area contributed by atoms with E-state index in [4.69, 9.17) is 4.74 Å². The molecule has 2 heteroatoms. The lowest BCUT2D eigenvalue weighted by Crippen LogP contribution is -2.07. The second kappa shape index (κ2) is 6.11. The minimum atomic E-state index is -0.174. The van der Waals surface area contributed by atoms with Gasteiger partial charge in [-0.3, -0.25) is 4.79 Å². The van der Waals surface area contributed by atoms with Gasteiger partial charge in [0.1, 0.15) is 5.75 Å². The SMILES string of the molecule is C=CCCCC(=O)Oc1cc(C)cc(C)c1. The Kier molecular flexibility index (Phi) is 4.77. The molecular weight excluding hydrogens is 200 g/mol. The van der Waals surface area contributed by atoms with E-state index in [9.17, 15) is 4.79 Å². The molecule has 2 nitrogen and oxygen atoms in total. The van der Waals surface area contributed by atoms with Crippen molar-refractivity contribution < 1.29 is 9.53 Å². The molecule has 0 aliphatic heterocycles. The summed E-state index contributed by atoms with van der Waals surface area (Å²) in [5.41, 5.74) is 2.21. The Morgan fingerprint density at radius 3 is 2.50 bits per heavy atom. The van der Waals surface area contributed by atoms with Crippen LogP contribution in [-0.4, -0.2) is 5.97 Å². The maximum Gasteiger partial charge on any atom is 0.311 e. The lowest BCUT2D eigenvalue weighted by molar-refractivity contribution is -0.134. The van der Waals surface area contributed by atoms with E-state index in [2.05, 4.69) is 12.6 Å². The molecule has 0 spiro atoms. The number of aryl methyl sites for hydroxylation is 2. The molecule has 0 aliphatic rings. The summed E-state index contributed by atoms with van der Waals surface area (Å²) in [5, 5.41) is 0. The summed E-state index contributed by atoms with van der Waals surface area (Å²) >= 11 is 0. The largest absolute Gasteiger partial charge is 0.427 e. The van der Waals surface area contributed by atoms with Crippen LogP contribution in [0.2, 0.25) is 0 Å². The lowest BCUT2D eigenvalue weighted by atomic mass is 10.1. The van der Waals surface area contributed by atoms with Gasteiger partial charge in [-0.2, -0.15) is 0 Å². The van der Waals surface area contributed by atoms with Gasteiger partial charge in [-0.05, 0) is 49.9 Å². The van der Waals surface area contributed by atoms with Crippen molar-refractivity contribution in [2.45, 2.75) is 33.1 Å². The third-order valence-electron chi connectivity index (χ3n) is 2.22. The molecule has 0 amide bonds. The molecule has 0 saturated heterocycles. The Hall–Kier alpha value is -1.57. The van der Waals surface area contributed by atoms with Gasteiger partial charge >= 0.3 is 5.97 Å². The van der Waals surface area contributed by atoms with Crippen LogP contribution in [0.15, 0.2) is 30.9 Å². The smallest absolute Gasteiger partial charge is 0.311 e. The molecule has 1 rings (SSSR count). The zero-order valence-electron chi connectivity index (χ0n) is 9.95. The Morgan fingerprint density at radius 2 is 1.94 bits per heavy atom. The molecule has 0 radical (unpaired) electrons. The number of rotatable bonds is 5. The second-order valence-electron chi connectivity index (χ2n) is 3.98. The summed E-state index contributed by atoms with van der Waals surface area (Å²) in [6, 6.07) is 5.80. The predicted molar refractivity (Wildman–Crippen MR) is 65.6 cm³/mol. The van der Waals surface area contributed by atoms with Gasteiger partial charge in [-0.1, -0.05) is 12.1 Å². The number of hydrogen-bond donors (Lipinski definition) is 0. The van der Waals surface area contributed by atoms with Gasteiger partial charge in [0, 0.05) is 6.42 Å². The summed E-state index contributed by atoms with van der Waals surface area (Å²) in [6.45, 7) is 7.59. The van der Waals surface area contributed by atoms with Gasteiger partial charge in [0.2, 0.25) is 0 Å². The Morgan fingerprint density at radius 1 is 1.31 bits per heavy atom. The number of hydrogen-bond acceptors (Lipinski definition) is 2. The number of esters is 1.